The second-order valence-corrected chi connectivity index (χ2v) is 6.54. The summed E-state index contributed by atoms with van der Waals surface area (Å²) in [6.07, 6.45) is 5.80. The van der Waals surface area contributed by atoms with Crippen LogP contribution in [0.3, 0.4) is 0 Å². The number of amides is 1. The summed E-state index contributed by atoms with van der Waals surface area (Å²) >= 11 is 0. The van der Waals surface area contributed by atoms with Crippen LogP contribution in [-0.2, 0) is 11.8 Å². The van der Waals surface area contributed by atoms with Crippen molar-refractivity contribution in [3.8, 4) is 0 Å². The predicted molar refractivity (Wildman–Crippen MR) is 85.6 cm³/mol. The predicted octanol–water partition coefficient (Wildman–Crippen LogP) is 0.137. The van der Waals surface area contributed by atoms with Gasteiger partial charge in [-0.3, -0.25) is 14.4 Å². The Morgan fingerprint density at radius 2 is 2.23 bits per heavy atom. The highest BCUT2D eigenvalue weighted by Gasteiger charge is 2.31. The molecule has 124 valence electrons. The van der Waals surface area contributed by atoms with Gasteiger partial charge in [-0.1, -0.05) is 0 Å². The number of hydrogen-bond donors (Lipinski definition) is 2. The number of likely N-dealkylation sites (N-methyl/N-ethyl adjacent to an activating group) is 1. The van der Waals surface area contributed by atoms with Crippen molar-refractivity contribution in [3.05, 3.63) is 12.4 Å². The molecule has 2 N–H and O–H groups in total. The number of rotatable bonds is 5. The van der Waals surface area contributed by atoms with Crippen LogP contribution in [0.1, 0.15) is 19.3 Å². The van der Waals surface area contributed by atoms with E-state index in [1.54, 1.807) is 17.1 Å². The minimum absolute atomic E-state index is 0.0361. The molecule has 1 fully saturated rings. The van der Waals surface area contributed by atoms with Gasteiger partial charge in [0.25, 0.3) is 0 Å². The van der Waals surface area contributed by atoms with Gasteiger partial charge in [0.1, 0.15) is 0 Å². The van der Waals surface area contributed by atoms with E-state index in [1.807, 2.05) is 26.0 Å². The second-order valence-electron chi connectivity index (χ2n) is 6.54. The fourth-order valence-electron chi connectivity index (χ4n) is 3.03. The maximum Gasteiger partial charge on any atom is 0.238 e. The molecule has 1 aromatic heterocycles. The molecule has 1 aromatic rings. The number of aliphatic hydroxyl groups is 1. The SMILES string of the molecule is CN(C)C[C@]1(O)CCCN(CC(=O)Nc2cnn(C)c2)CC1. The monoisotopic (exact) mass is 309 g/mol. The summed E-state index contributed by atoms with van der Waals surface area (Å²) in [6.45, 7) is 2.61. The molecule has 7 nitrogen and oxygen atoms in total. The third-order valence-electron chi connectivity index (χ3n) is 3.98. The Morgan fingerprint density at radius 3 is 2.86 bits per heavy atom. The lowest BCUT2D eigenvalue weighted by Crippen LogP contribution is -2.41. The molecule has 1 aliphatic rings. The topological polar surface area (TPSA) is 73.6 Å². The van der Waals surface area contributed by atoms with Crippen LogP contribution in [-0.4, -0.2) is 76.5 Å². The highest BCUT2D eigenvalue weighted by atomic mass is 16.3. The van der Waals surface area contributed by atoms with Crippen molar-refractivity contribution in [1.82, 2.24) is 19.6 Å². The second kappa shape index (κ2) is 7.21. The summed E-state index contributed by atoms with van der Waals surface area (Å²) in [6, 6.07) is 0. The zero-order valence-electron chi connectivity index (χ0n) is 13.7. The number of likely N-dealkylation sites (tertiary alicyclic amines) is 1. The van der Waals surface area contributed by atoms with Gasteiger partial charge in [-0.25, -0.2) is 0 Å². The summed E-state index contributed by atoms with van der Waals surface area (Å²) in [7, 11) is 5.76. The smallest absolute Gasteiger partial charge is 0.238 e. The Bertz CT molecular complexity index is 502. The van der Waals surface area contributed by atoms with Gasteiger partial charge in [-0.2, -0.15) is 5.10 Å². The Morgan fingerprint density at radius 1 is 1.45 bits per heavy atom. The van der Waals surface area contributed by atoms with Crippen molar-refractivity contribution in [1.29, 1.82) is 0 Å². The van der Waals surface area contributed by atoms with Gasteiger partial charge >= 0.3 is 0 Å². The Kier molecular flexibility index (Phi) is 5.55. The average molecular weight is 309 g/mol. The maximum absolute atomic E-state index is 12.1. The number of aryl methyl sites for hydroxylation is 1. The average Bonchev–Trinajstić information content (AvgIpc) is 2.71. The summed E-state index contributed by atoms with van der Waals surface area (Å²) in [5.74, 6) is -0.0361. The molecular formula is C15H27N5O2. The molecule has 22 heavy (non-hydrogen) atoms. The van der Waals surface area contributed by atoms with E-state index in [2.05, 4.69) is 15.3 Å². The Balaban J connectivity index is 1.82. The first-order valence-corrected chi connectivity index (χ1v) is 7.74. The van der Waals surface area contributed by atoms with E-state index >= 15 is 0 Å². The number of nitrogens with zero attached hydrogens (tertiary/aromatic N) is 4. The van der Waals surface area contributed by atoms with Crippen molar-refractivity contribution in [2.75, 3.05) is 45.6 Å². The van der Waals surface area contributed by atoms with Crippen LogP contribution in [0.2, 0.25) is 0 Å². The van der Waals surface area contributed by atoms with Crippen molar-refractivity contribution in [2.45, 2.75) is 24.9 Å². The van der Waals surface area contributed by atoms with Crippen molar-refractivity contribution >= 4 is 11.6 Å². The fourth-order valence-corrected chi connectivity index (χ4v) is 3.03. The van der Waals surface area contributed by atoms with E-state index in [0.29, 0.717) is 25.2 Å². The number of hydrogen-bond acceptors (Lipinski definition) is 5. The molecular weight excluding hydrogens is 282 g/mol. The molecule has 1 amide bonds. The third kappa shape index (κ3) is 5.08. The number of carbonyl (C=O) groups is 1. The molecule has 1 atom stereocenters. The zero-order valence-corrected chi connectivity index (χ0v) is 13.7. The summed E-state index contributed by atoms with van der Waals surface area (Å²) < 4.78 is 1.66. The van der Waals surface area contributed by atoms with Gasteiger partial charge in [-0.05, 0) is 39.9 Å². The van der Waals surface area contributed by atoms with E-state index in [0.717, 1.165) is 25.9 Å². The molecule has 7 heteroatoms. The lowest BCUT2D eigenvalue weighted by molar-refractivity contribution is -0.117. The van der Waals surface area contributed by atoms with Gasteiger partial charge in [0, 0.05) is 26.3 Å². The minimum atomic E-state index is -0.641. The van der Waals surface area contributed by atoms with E-state index in [-0.39, 0.29) is 5.91 Å². The van der Waals surface area contributed by atoms with E-state index in [4.69, 9.17) is 0 Å². The van der Waals surface area contributed by atoms with Crippen LogP contribution in [0.15, 0.2) is 12.4 Å². The van der Waals surface area contributed by atoms with Gasteiger partial charge in [-0.15, -0.1) is 0 Å². The largest absolute Gasteiger partial charge is 0.389 e. The normalized spacial score (nSPS) is 23.5. The highest BCUT2D eigenvalue weighted by Crippen LogP contribution is 2.23. The fraction of sp³-hybridized carbons (Fsp3) is 0.733. The number of anilines is 1. The van der Waals surface area contributed by atoms with Crippen molar-refractivity contribution in [3.63, 3.8) is 0 Å². The molecule has 0 radical (unpaired) electrons. The van der Waals surface area contributed by atoms with Crippen molar-refractivity contribution < 1.29 is 9.90 Å². The molecule has 2 rings (SSSR count). The molecule has 0 spiro atoms. The van der Waals surface area contributed by atoms with Gasteiger partial charge in [0.05, 0.1) is 24.0 Å². The van der Waals surface area contributed by atoms with Gasteiger partial charge < -0.3 is 15.3 Å². The lowest BCUT2D eigenvalue weighted by atomic mass is 9.94. The van der Waals surface area contributed by atoms with E-state index < -0.39 is 5.60 Å². The van der Waals surface area contributed by atoms with Crippen LogP contribution >= 0.6 is 0 Å². The maximum atomic E-state index is 12.1. The van der Waals surface area contributed by atoms with E-state index in [1.165, 1.54) is 0 Å². The molecule has 0 aliphatic carbocycles. The number of nitrogens with one attached hydrogen (secondary N) is 1. The molecule has 0 unspecified atom stereocenters. The van der Waals surface area contributed by atoms with Crippen LogP contribution in [0.25, 0.3) is 0 Å². The summed E-state index contributed by atoms with van der Waals surface area (Å²) in [4.78, 5) is 16.2. The minimum Gasteiger partial charge on any atom is -0.389 e. The summed E-state index contributed by atoms with van der Waals surface area (Å²) in [5, 5.41) is 17.5. The van der Waals surface area contributed by atoms with Gasteiger partial charge in [0.2, 0.25) is 5.91 Å². The van der Waals surface area contributed by atoms with Crippen LogP contribution < -0.4 is 5.32 Å². The number of aromatic nitrogens is 2. The Hall–Kier alpha value is -1.44. The first-order chi connectivity index (χ1) is 10.4. The standard InChI is InChI=1S/C15H27N5O2/c1-18(2)12-15(22)5-4-7-20(8-6-15)11-14(21)17-13-9-16-19(3)10-13/h9-10,22H,4-8,11-12H2,1-3H3,(H,17,21)/t15-/m0/s1. The molecule has 0 aromatic carbocycles. The molecule has 1 aliphatic heterocycles. The molecule has 1 saturated heterocycles. The van der Waals surface area contributed by atoms with Gasteiger partial charge in [0.15, 0.2) is 0 Å². The van der Waals surface area contributed by atoms with Crippen molar-refractivity contribution in [2.24, 2.45) is 7.05 Å². The molecule has 0 bridgehead atoms. The van der Waals surface area contributed by atoms with Crippen LogP contribution in [0, 0.1) is 0 Å². The summed E-state index contributed by atoms with van der Waals surface area (Å²) in [5.41, 5.74) is 0.0735. The molecule has 0 saturated carbocycles. The zero-order chi connectivity index (χ0) is 16.2. The quantitative estimate of drug-likeness (QED) is 0.809. The first kappa shape index (κ1) is 16.9. The Labute approximate surface area is 131 Å². The number of carbonyl (C=O) groups excluding carboxylic acids is 1. The van der Waals surface area contributed by atoms with Crippen LogP contribution in [0.4, 0.5) is 5.69 Å². The lowest BCUT2D eigenvalue weighted by Gasteiger charge is -2.29. The highest BCUT2D eigenvalue weighted by molar-refractivity contribution is 5.91. The van der Waals surface area contributed by atoms with E-state index in [9.17, 15) is 9.90 Å². The first-order valence-electron chi connectivity index (χ1n) is 7.74. The van der Waals surface area contributed by atoms with Crippen LogP contribution in [0.5, 0.6) is 0 Å². The molecule has 2 heterocycles. The third-order valence-corrected chi connectivity index (χ3v) is 3.98.